The average molecular weight is 207 g/mol. The quantitative estimate of drug-likeness (QED) is 0.696. The highest BCUT2D eigenvalue weighted by Gasteiger charge is 2.06. The maximum atomic E-state index is 4.24. The van der Waals surface area contributed by atoms with Crippen molar-refractivity contribution in [3.63, 3.8) is 0 Å². The number of fused-ring (bicyclic) bond motifs is 1. The average Bonchev–Trinajstić information content (AvgIpc) is 2.75. The predicted molar refractivity (Wildman–Crippen MR) is 67.1 cm³/mol. The minimum Gasteiger partial charge on any atom is -0.264 e. The van der Waals surface area contributed by atoms with Gasteiger partial charge >= 0.3 is 0 Å². The molecular formula is C15H13N. The Morgan fingerprint density at radius 3 is 2.88 bits per heavy atom. The molecule has 0 amide bonds. The van der Waals surface area contributed by atoms with Crippen LogP contribution in [0.5, 0.6) is 0 Å². The van der Waals surface area contributed by atoms with Crippen molar-refractivity contribution in [2.24, 2.45) is 0 Å². The fourth-order valence-corrected chi connectivity index (χ4v) is 2.14. The number of nitrogens with zero attached hydrogens (tertiary/aromatic N) is 1. The topological polar surface area (TPSA) is 12.9 Å². The Labute approximate surface area is 95.5 Å². The van der Waals surface area contributed by atoms with Gasteiger partial charge in [-0.1, -0.05) is 24.3 Å². The minimum absolute atomic E-state index is 1.07. The van der Waals surface area contributed by atoms with Crippen molar-refractivity contribution in [1.82, 2.24) is 4.98 Å². The molecule has 0 saturated carbocycles. The fraction of sp³-hybridized carbons (Fsp3) is 0.133. The molecule has 1 nitrogen and oxygen atoms in total. The van der Waals surface area contributed by atoms with Gasteiger partial charge in [0.2, 0.25) is 0 Å². The van der Waals surface area contributed by atoms with Gasteiger partial charge in [0.1, 0.15) is 0 Å². The fourth-order valence-electron chi connectivity index (χ4n) is 2.14. The highest BCUT2D eigenvalue weighted by atomic mass is 14.6. The van der Waals surface area contributed by atoms with Gasteiger partial charge in [-0.05, 0) is 47.7 Å². The van der Waals surface area contributed by atoms with Gasteiger partial charge in [-0.2, -0.15) is 0 Å². The predicted octanol–water partition coefficient (Wildman–Crippen LogP) is 3.63. The van der Waals surface area contributed by atoms with Crippen LogP contribution in [-0.2, 0) is 6.42 Å². The van der Waals surface area contributed by atoms with Crippen LogP contribution in [0, 0.1) is 6.92 Å². The van der Waals surface area contributed by atoms with E-state index in [4.69, 9.17) is 0 Å². The molecule has 1 aliphatic rings. The Bertz CT molecular complexity index is 567. The molecule has 0 radical (unpaired) electrons. The summed E-state index contributed by atoms with van der Waals surface area (Å²) in [5, 5.41) is 0. The molecule has 0 fully saturated rings. The van der Waals surface area contributed by atoms with Gasteiger partial charge in [-0.15, -0.1) is 0 Å². The van der Waals surface area contributed by atoms with Crippen molar-refractivity contribution < 1.29 is 0 Å². The molecule has 3 rings (SSSR count). The normalized spacial score (nSPS) is 12.8. The molecular weight excluding hydrogens is 194 g/mol. The Hall–Kier alpha value is -1.89. The smallest absolute Gasteiger partial charge is 0.0346 e. The van der Waals surface area contributed by atoms with Gasteiger partial charge in [0, 0.05) is 18.0 Å². The van der Waals surface area contributed by atoms with Gasteiger partial charge < -0.3 is 0 Å². The second kappa shape index (κ2) is 3.60. The molecule has 0 N–H and O–H groups in total. The second-order valence-electron chi connectivity index (χ2n) is 4.27. The first-order valence-electron chi connectivity index (χ1n) is 5.54. The highest BCUT2D eigenvalue weighted by molar-refractivity contribution is 5.70. The van der Waals surface area contributed by atoms with Crippen molar-refractivity contribution in [3.05, 3.63) is 59.4 Å². The molecule has 2 aromatic rings. The Kier molecular flexibility index (Phi) is 2.10. The van der Waals surface area contributed by atoms with Crippen molar-refractivity contribution in [2.45, 2.75) is 13.3 Å². The van der Waals surface area contributed by atoms with E-state index in [1.54, 1.807) is 0 Å². The van der Waals surface area contributed by atoms with Crippen LogP contribution in [0.3, 0.4) is 0 Å². The number of hydrogen-bond donors (Lipinski definition) is 0. The first-order valence-corrected chi connectivity index (χ1v) is 5.54. The lowest BCUT2D eigenvalue weighted by Gasteiger charge is -2.05. The van der Waals surface area contributed by atoms with E-state index in [1.165, 1.54) is 27.8 Å². The number of allylic oxidation sites excluding steroid dienone is 1. The van der Waals surface area contributed by atoms with E-state index in [2.05, 4.69) is 48.3 Å². The Morgan fingerprint density at radius 2 is 2.00 bits per heavy atom. The van der Waals surface area contributed by atoms with Crippen LogP contribution < -0.4 is 0 Å². The van der Waals surface area contributed by atoms with E-state index in [1.807, 2.05) is 12.4 Å². The Morgan fingerprint density at radius 1 is 1.06 bits per heavy atom. The molecule has 0 saturated heterocycles. The number of hydrogen-bond acceptors (Lipinski definition) is 1. The summed E-state index contributed by atoms with van der Waals surface area (Å²) in [6.07, 6.45) is 9.29. The number of aromatic nitrogens is 1. The summed E-state index contributed by atoms with van der Waals surface area (Å²) in [5.41, 5.74) is 6.42. The molecule has 0 unspecified atom stereocenters. The summed E-state index contributed by atoms with van der Waals surface area (Å²) in [6.45, 7) is 2.07. The highest BCUT2D eigenvalue weighted by Crippen LogP contribution is 2.26. The molecule has 0 bridgehead atoms. The molecule has 1 heterocycles. The van der Waals surface area contributed by atoms with Gasteiger partial charge in [-0.3, -0.25) is 4.98 Å². The van der Waals surface area contributed by atoms with Crippen LogP contribution in [0.15, 0.2) is 42.7 Å². The van der Waals surface area contributed by atoms with Crippen LogP contribution in [0.1, 0.15) is 16.7 Å². The molecule has 1 aliphatic carbocycles. The minimum atomic E-state index is 1.07. The lowest BCUT2D eigenvalue weighted by molar-refractivity contribution is 1.26. The molecule has 1 heteroatoms. The molecule has 0 spiro atoms. The van der Waals surface area contributed by atoms with Crippen LogP contribution in [-0.4, -0.2) is 4.98 Å². The first kappa shape index (κ1) is 9.34. The zero-order valence-electron chi connectivity index (χ0n) is 9.27. The molecule has 1 aromatic heterocycles. The number of benzene rings is 1. The summed E-state index contributed by atoms with van der Waals surface area (Å²) < 4.78 is 0. The number of aryl methyl sites for hydroxylation is 1. The van der Waals surface area contributed by atoms with Crippen LogP contribution in [0.4, 0.5) is 0 Å². The Balaban J connectivity index is 2.10. The summed E-state index contributed by atoms with van der Waals surface area (Å²) in [7, 11) is 0. The zero-order valence-corrected chi connectivity index (χ0v) is 9.27. The van der Waals surface area contributed by atoms with Gasteiger partial charge in [-0.25, -0.2) is 0 Å². The molecule has 0 aliphatic heterocycles. The first-order chi connectivity index (χ1) is 7.83. The van der Waals surface area contributed by atoms with E-state index < -0.39 is 0 Å². The van der Waals surface area contributed by atoms with E-state index in [9.17, 15) is 0 Å². The third kappa shape index (κ3) is 1.54. The van der Waals surface area contributed by atoms with E-state index in [0.29, 0.717) is 0 Å². The SMILES string of the molecule is Cc1cncc(-c2ccc3c(c2)C=CC3)c1. The largest absolute Gasteiger partial charge is 0.264 e. The van der Waals surface area contributed by atoms with Crippen LogP contribution in [0.2, 0.25) is 0 Å². The summed E-state index contributed by atoms with van der Waals surface area (Å²) >= 11 is 0. The van der Waals surface area contributed by atoms with E-state index >= 15 is 0 Å². The maximum Gasteiger partial charge on any atom is 0.0346 e. The summed E-state index contributed by atoms with van der Waals surface area (Å²) in [6, 6.07) is 8.82. The third-order valence-corrected chi connectivity index (χ3v) is 2.99. The summed E-state index contributed by atoms with van der Waals surface area (Å²) in [5.74, 6) is 0. The number of pyridine rings is 1. The zero-order chi connectivity index (χ0) is 11.0. The third-order valence-electron chi connectivity index (χ3n) is 2.99. The van der Waals surface area contributed by atoms with Crippen molar-refractivity contribution >= 4 is 6.08 Å². The van der Waals surface area contributed by atoms with E-state index in [0.717, 1.165) is 6.42 Å². The molecule has 78 valence electrons. The summed E-state index contributed by atoms with van der Waals surface area (Å²) in [4.78, 5) is 4.24. The molecule has 1 aromatic carbocycles. The number of rotatable bonds is 1. The molecule has 16 heavy (non-hydrogen) atoms. The van der Waals surface area contributed by atoms with Crippen molar-refractivity contribution in [1.29, 1.82) is 0 Å². The van der Waals surface area contributed by atoms with Gasteiger partial charge in [0.25, 0.3) is 0 Å². The van der Waals surface area contributed by atoms with Crippen molar-refractivity contribution in [3.8, 4) is 11.1 Å². The van der Waals surface area contributed by atoms with Gasteiger partial charge in [0.15, 0.2) is 0 Å². The van der Waals surface area contributed by atoms with E-state index in [-0.39, 0.29) is 0 Å². The van der Waals surface area contributed by atoms with Crippen LogP contribution in [0.25, 0.3) is 17.2 Å². The lowest BCUT2D eigenvalue weighted by Crippen LogP contribution is -1.85. The van der Waals surface area contributed by atoms with Crippen LogP contribution >= 0.6 is 0 Å². The standard InChI is InChI=1S/C15H13N/c1-11-7-15(10-16-9-11)14-6-5-12-3-2-4-13(12)8-14/h2,4-10H,3H2,1H3. The van der Waals surface area contributed by atoms with Gasteiger partial charge in [0.05, 0.1) is 0 Å². The van der Waals surface area contributed by atoms with Crippen molar-refractivity contribution in [2.75, 3.05) is 0 Å². The lowest BCUT2D eigenvalue weighted by atomic mass is 10.0. The molecule has 0 atom stereocenters. The monoisotopic (exact) mass is 207 g/mol. The second-order valence-corrected chi connectivity index (χ2v) is 4.27. The maximum absolute atomic E-state index is 4.24.